The van der Waals surface area contributed by atoms with E-state index in [0.717, 1.165) is 22.4 Å². The van der Waals surface area contributed by atoms with Crippen molar-refractivity contribution in [1.29, 1.82) is 0 Å². The third-order valence-corrected chi connectivity index (χ3v) is 8.53. The van der Waals surface area contributed by atoms with Crippen LogP contribution in [0.5, 0.6) is 0 Å². The molecule has 0 fully saturated rings. The summed E-state index contributed by atoms with van der Waals surface area (Å²) in [6.07, 6.45) is 1.87. The van der Waals surface area contributed by atoms with Crippen LogP contribution in [0.4, 0.5) is 0 Å². The molecule has 0 radical (unpaired) electrons. The Kier molecular flexibility index (Phi) is 4.90. The van der Waals surface area contributed by atoms with Crippen LogP contribution in [0.2, 0.25) is 0 Å². The lowest BCUT2D eigenvalue weighted by atomic mass is 9.97. The van der Waals surface area contributed by atoms with Gasteiger partial charge in [-0.1, -0.05) is 97.1 Å². The molecule has 3 heterocycles. The smallest absolute Gasteiger partial charge is 0.137 e. The van der Waals surface area contributed by atoms with E-state index in [4.69, 9.17) is 4.98 Å². The molecule has 0 N–H and O–H groups in total. The van der Waals surface area contributed by atoms with E-state index in [2.05, 4.69) is 148 Å². The molecule has 0 aliphatic heterocycles. The Morgan fingerprint density at radius 1 is 0.429 bits per heavy atom. The summed E-state index contributed by atoms with van der Waals surface area (Å²) in [6.45, 7) is 0. The van der Waals surface area contributed by atoms with Crippen LogP contribution in [-0.2, 0) is 0 Å². The van der Waals surface area contributed by atoms with Gasteiger partial charge in [0.1, 0.15) is 5.82 Å². The summed E-state index contributed by atoms with van der Waals surface area (Å²) in [5.41, 5.74) is 10.7. The van der Waals surface area contributed by atoms with Gasteiger partial charge in [0.2, 0.25) is 0 Å². The summed E-state index contributed by atoms with van der Waals surface area (Å²) in [7, 11) is 0. The van der Waals surface area contributed by atoms with E-state index in [-0.39, 0.29) is 0 Å². The van der Waals surface area contributed by atoms with Crippen molar-refractivity contribution in [2.75, 3.05) is 0 Å². The highest BCUT2D eigenvalue weighted by Crippen LogP contribution is 2.40. The molecule has 0 atom stereocenters. The molecule has 3 nitrogen and oxygen atoms in total. The van der Waals surface area contributed by atoms with Gasteiger partial charge < -0.3 is 4.40 Å². The fourth-order valence-corrected chi connectivity index (χ4v) is 6.69. The first-order chi connectivity index (χ1) is 20.8. The Balaban J connectivity index is 1.41. The predicted molar refractivity (Wildman–Crippen MR) is 175 cm³/mol. The van der Waals surface area contributed by atoms with E-state index in [1.165, 1.54) is 54.8 Å². The van der Waals surface area contributed by atoms with Crippen molar-refractivity contribution in [3.8, 4) is 28.1 Å². The SMILES string of the molecule is c1ccc(-c2cccc(-c3ccc4c(c3)c3ccc5cccc6c5c3n4c3ccccc3n6-c3ccccn3)c2)cc1. The molecule has 0 unspecified atom stereocenters. The monoisotopic (exact) mass is 535 g/mol. The van der Waals surface area contributed by atoms with Crippen LogP contribution in [-0.4, -0.2) is 14.0 Å². The number of nitrogens with zero attached hydrogens (tertiary/aromatic N) is 3. The van der Waals surface area contributed by atoms with Crippen molar-refractivity contribution in [2.24, 2.45) is 0 Å². The van der Waals surface area contributed by atoms with E-state index in [0.29, 0.717) is 0 Å². The van der Waals surface area contributed by atoms with Crippen molar-refractivity contribution in [1.82, 2.24) is 14.0 Å². The number of aromatic nitrogens is 3. The minimum absolute atomic E-state index is 0.907. The second-order valence-corrected chi connectivity index (χ2v) is 10.9. The minimum Gasteiger partial charge on any atom is -0.306 e. The van der Waals surface area contributed by atoms with E-state index in [9.17, 15) is 0 Å². The maximum atomic E-state index is 4.79. The van der Waals surface area contributed by atoms with Gasteiger partial charge in [-0.2, -0.15) is 0 Å². The summed E-state index contributed by atoms with van der Waals surface area (Å²) in [6, 6.07) is 52.3. The van der Waals surface area contributed by atoms with Crippen molar-refractivity contribution in [2.45, 2.75) is 0 Å². The van der Waals surface area contributed by atoms with Crippen LogP contribution >= 0.6 is 0 Å². The average Bonchev–Trinajstić information content (AvgIpc) is 3.33. The van der Waals surface area contributed by atoms with Gasteiger partial charge in [-0.3, -0.25) is 4.57 Å². The molecule has 0 bridgehead atoms. The topological polar surface area (TPSA) is 22.2 Å². The van der Waals surface area contributed by atoms with Crippen LogP contribution in [0, 0.1) is 0 Å². The quantitative estimate of drug-likeness (QED) is 0.221. The molecule has 0 saturated carbocycles. The molecule has 0 spiro atoms. The average molecular weight is 536 g/mol. The standard InChI is InChI=1S/C39H25N3/c1-2-10-26(11-3-1)28-13-8-14-29(24-28)30-20-22-33-32(25-30)31-21-19-27-12-9-17-36-38(27)39(31)42(33)35-16-5-4-15-34(35)41(36)37-18-6-7-23-40-37/h1-25H. The first-order valence-corrected chi connectivity index (χ1v) is 14.3. The molecule has 0 saturated heterocycles. The molecule has 6 aromatic carbocycles. The number of pyridine rings is 1. The van der Waals surface area contributed by atoms with E-state index in [1.54, 1.807) is 0 Å². The largest absolute Gasteiger partial charge is 0.306 e. The lowest BCUT2D eigenvalue weighted by Gasteiger charge is -2.11. The summed E-state index contributed by atoms with van der Waals surface area (Å²) >= 11 is 0. The van der Waals surface area contributed by atoms with Gasteiger partial charge in [0.25, 0.3) is 0 Å². The van der Waals surface area contributed by atoms with E-state index in [1.807, 2.05) is 12.3 Å². The highest BCUT2D eigenvalue weighted by Gasteiger charge is 2.19. The van der Waals surface area contributed by atoms with Crippen LogP contribution in [0.3, 0.4) is 0 Å². The highest BCUT2D eigenvalue weighted by atomic mass is 15.1. The van der Waals surface area contributed by atoms with Crippen molar-refractivity contribution in [3.05, 3.63) is 152 Å². The fraction of sp³-hybridized carbons (Fsp3) is 0. The van der Waals surface area contributed by atoms with Gasteiger partial charge in [-0.15, -0.1) is 0 Å². The second kappa shape index (κ2) is 8.92. The summed E-state index contributed by atoms with van der Waals surface area (Å²) in [4.78, 5) is 4.79. The predicted octanol–water partition coefficient (Wildman–Crippen LogP) is 10.1. The van der Waals surface area contributed by atoms with Crippen LogP contribution < -0.4 is 0 Å². The Morgan fingerprint density at radius 2 is 1.14 bits per heavy atom. The van der Waals surface area contributed by atoms with Crippen LogP contribution in [0.15, 0.2) is 152 Å². The molecule has 42 heavy (non-hydrogen) atoms. The summed E-state index contributed by atoms with van der Waals surface area (Å²) in [5, 5.41) is 4.96. The maximum absolute atomic E-state index is 4.79. The first-order valence-electron chi connectivity index (χ1n) is 14.3. The molecule has 0 amide bonds. The molecule has 196 valence electrons. The molecule has 3 aromatic heterocycles. The lowest BCUT2D eigenvalue weighted by Crippen LogP contribution is -1.99. The van der Waals surface area contributed by atoms with Crippen molar-refractivity contribution < 1.29 is 0 Å². The number of fused-ring (bicyclic) bond motifs is 5. The van der Waals surface area contributed by atoms with Gasteiger partial charge in [-0.05, 0) is 76.2 Å². The van der Waals surface area contributed by atoms with Crippen LogP contribution in [0.1, 0.15) is 0 Å². The van der Waals surface area contributed by atoms with Gasteiger partial charge in [0.05, 0.1) is 27.6 Å². The van der Waals surface area contributed by atoms with Gasteiger partial charge in [-0.25, -0.2) is 4.98 Å². The molecule has 3 heteroatoms. The number of hydrogen-bond donors (Lipinski definition) is 0. The number of para-hydroxylation sites is 2. The normalized spacial score (nSPS) is 11.8. The third kappa shape index (κ3) is 3.31. The molecule has 0 aliphatic rings. The maximum Gasteiger partial charge on any atom is 0.137 e. The highest BCUT2D eigenvalue weighted by molar-refractivity contribution is 6.23. The second-order valence-electron chi connectivity index (χ2n) is 10.9. The zero-order valence-corrected chi connectivity index (χ0v) is 22.8. The molecule has 9 aromatic rings. The fourth-order valence-electron chi connectivity index (χ4n) is 6.69. The Bertz CT molecular complexity index is 2430. The Hall–Kier alpha value is -5.67. The van der Waals surface area contributed by atoms with Crippen molar-refractivity contribution in [3.63, 3.8) is 0 Å². The van der Waals surface area contributed by atoms with Gasteiger partial charge in [0.15, 0.2) is 0 Å². The minimum atomic E-state index is 0.907. The zero-order chi connectivity index (χ0) is 27.6. The lowest BCUT2D eigenvalue weighted by molar-refractivity contribution is 1.07. The van der Waals surface area contributed by atoms with Crippen LogP contribution in [0.25, 0.3) is 77.2 Å². The molecular weight excluding hydrogens is 510 g/mol. The summed E-state index contributed by atoms with van der Waals surface area (Å²) in [5.74, 6) is 0.907. The first kappa shape index (κ1) is 23.1. The van der Waals surface area contributed by atoms with E-state index >= 15 is 0 Å². The van der Waals surface area contributed by atoms with Gasteiger partial charge >= 0.3 is 0 Å². The van der Waals surface area contributed by atoms with Crippen molar-refractivity contribution >= 4 is 49.1 Å². The zero-order valence-electron chi connectivity index (χ0n) is 22.8. The number of rotatable bonds is 3. The molecule has 9 rings (SSSR count). The summed E-state index contributed by atoms with van der Waals surface area (Å²) < 4.78 is 4.76. The van der Waals surface area contributed by atoms with E-state index < -0.39 is 0 Å². The van der Waals surface area contributed by atoms with Gasteiger partial charge in [0, 0.05) is 22.4 Å². The number of hydrogen-bond acceptors (Lipinski definition) is 1. The Labute approximate surface area is 242 Å². The molecular formula is C39H25N3. The number of benzene rings is 6. The molecule has 0 aliphatic carbocycles. The Morgan fingerprint density at radius 3 is 2.00 bits per heavy atom. The third-order valence-electron chi connectivity index (χ3n) is 8.53.